The summed E-state index contributed by atoms with van der Waals surface area (Å²) in [6, 6.07) is 9.20. The van der Waals surface area contributed by atoms with Gasteiger partial charge in [-0.2, -0.15) is 0 Å². The predicted octanol–water partition coefficient (Wildman–Crippen LogP) is 1.93. The predicted molar refractivity (Wildman–Crippen MR) is 52.9 cm³/mol. The molecule has 0 radical (unpaired) electrons. The number of para-hydroxylation sites is 1. The Bertz CT molecular complexity index is 437. The van der Waals surface area contributed by atoms with Gasteiger partial charge in [0.25, 0.3) is 0 Å². The highest BCUT2D eigenvalue weighted by Crippen LogP contribution is 2.30. The summed E-state index contributed by atoms with van der Waals surface area (Å²) in [5.41, 5.74) is 6.31. The van der Waals surface area contributed by atoms with Gasteiger partial charge in [-0.1, -0.05) is 17.3 Å². The Hall–Kier alpha value is -1.97. The molecule has 14 heavy (non-hydrogen) atoms. The first-order chi connectivity index (χ1) is 6.81. The number of rotatable bonds is 2. The molecule has 0 atom stereocenters. The first-order valence-electron chi connectivity index (χ1n) is 4.17. The van der Waals surface area contributed by atoms with E-state index in [9.17, 15) is 0 Å². The number of aromatic nitrogens is 1. The fourth-order valence-corrected chi connectivity index (χ4v) is 1.26. The van der Waals surface area contributed by atoms with Gasteiger partial charge < -0.3 is 15.0 Å². The average molecular weight is 190 g/mol. The number of nitrogens with two attached hydrogens (primary N) is 1. The second-order valence-corrected chi connectivity index (χ2v) is 2.82. The zero-order valence-corrected chi connectivity index (χ0v) is 7.73. The van der Waals surface area contributed by atoms with Crippen molar-refractivity contribution in [3.8, 4) is 17.1 Å². The van der Waals surface area contributed by atoms with E-state index in [0.29, 0.717) is 11.6 Å². The lowest BCUT2D eigenvalue weighted by atomic mass is 10.1. The highest BCUT2D eigenvalue weighted by Gasteiger charge is 2.09. The maximum absolute atomic E-state index is 5.46. The molecule has 4 heteroatoms. The monoisotopic (exact) mass is 190 g/mol. The van der Waals surface area contributed by atoms with Crippen molar-refractivity contribution in [3.63, 3.8) is 0 Å². The van der Waals surface area contributed by atoms with Crippen molar-refractivity contribution in [3.05, 3.63) is 30.3 Å². The van der Waals surface area contributed by atoms with Crippen molar-refractivity contribution in [1.82, 2.24) is 5.16 Å². The van der Waals surface area contributed by atoms with E-state index < -0.39 is 0 Å². The van der Waals surface area contributed by atoms with Gasteiger partial charge in [-0.25, -0.2) is 0 Å². The van der Waals surface area contributed by atoms with Crippen molar-refractivity contribution in [2.75, 3.05) is 12.8 Å². The summed E-state index contributed by atoms with van der Waals surface area (Å²) in [7, 11) is 1.61. The molecule has 0 amide bonds. The van der Waals surface area contributed by atoms with E-state index in [1.807, 2.05) is 24.3 Å². The number of ether oxygens (including phenoxy) is 1. The Balaban J connectivity index is 2.50. The van der Waals surface area contributed by atoms with Crippen molar-refractivity contribution in [2.24, 2.45) is 0 Å². The Labute approximate surface area is 81.3 Å². The zero-order valence-electron chi connectivity index (χ0n) is 7.73. The van der Waals surface area contributed by atoms with Gasteiger partial charge in [0.2, 0.25) is 0 Å². The Morgan fingerprint density at radius 2 is 2.14 bits per heavy atom. The zero-order chi connectivity index (χ0) is 9.97. The minimum Gasteiger partial charge on any atom is -0.496 e. The molecule has 0 bridgehead atoms. The smallest absolute Gasteiger partial charge is 0.172 e. The summed E-state index contributed by atoms with van der Waals surface area (Å²) in [6.07, 6.45) is 0. The van der Waals surface area contributed by atoms with E-state index in [4.69, 9.17) is 15.0 Å². The quantitative estimate of drug-likeness (QED) is 0.786. The molecule has 2 aromatic rings. The van der Waals surface area contributed by atoms with Gasteiger partial charge in [-0.05, 0) is 12.1 Å². The highest BCUT2D eigenvalue weighted by atomic mass is 16.5. The Kier molecular flexibility index (Phi) is 2.10. The summed E-state index contributed by atoms with van der Waals surface area (Å²) in [4.78, 5) is 0. The first-order valence-corrected chi connectivity index (χ1v) is 4.17. The van der Waals surface area contributed by atoms with Crippen molar-refractivity contribution < 1.29 is 9.26 Å². The molecule has 0 aliphatic heterocycles. The van der Waals surface area contributed by atoms with Crippen LogP contribution in [-0.4, -0.2) is 12.3 Å². The fraction of sp³-hybridized carbons (Fsp3) is 0.100. The normalized spacial score (nSPS) is 10.1. The van der Waals surface area contributed by atoms with E-state index in [2.05, 4.69) is 5.16 Å². The van der Waals surface area contributed by atoms with Crippen LogP contribution in [0.5, 0.6) is 5.75 Å². The van der Waals surface area contributed by atoms with E-state index in [0.717, 1.165) is 11.3 Å². The fourth-order valence-electron chi connectivity index (χ4n) is 1.26. The lowest BCUT2D eigenvalue weighted by Gasteiger charge is -2.03. The molecule has 4 nitrogen and oxygen atoms in total. The third-order valence-electron chi connectivity index (χ3n) is 1.90. The van der Waals surface area contributed by atoms with Gasteiger partial charge >= 0.3 is 0 Å². The van der Waals surface area contributed by atoms with Crippen LogP contribution in [0, 0.1) is 0 Å². The number of nitrogens with zero attached hydrogens (tertiary/aromatic N) is 1. The molecule has 1 aromatic heterocycles. The average Bonchev–Trinajstić information content (AvgIpc) is 2.65. The summed E-state index contributed by atoms with van der Waals surface area (Å²) in [5.74, 6) is 1.72. The van der Waals surface area contributed by atoms with Gasteiger partial charge in [0.1, 0.15) is 5.75 Å². The maximum atomic E-state index is 5.46. The molecule has 1 heterocycles. The molecular formula is C10H10N2O2. The third kappa shape index (κ3) is 1.42. The van der Waals surface area contributed by atoms with Gasteiger partial charge in [0, 0.05) is 6.07 Å². The van der Waals surface area contributed by atoms with Gasteiger partial charge in [-0.3, -0.25) is 0 Å². The third-order valence-corrected chi connectivity index (χ3v) is 1.90. The molecule has 0 fully saturated rings. The number of methoxy groups -OCH3 is 1. The molecule has 1 aromatic carbocycles. The van der Waals surface area contributed by atoms with Crippen LogP contribution in [0.3, 0.4) is 0 Å². The second-order valence-electron chi connectivity index (χ2n) is 2.82. The molecule has 2 N–H and O–H groups in total. The standard InChI is InChI=1S/C10H10N2O2/c1-13-8-5-3-2-4-7(8)9-6-10(11)12-14-9/h2-6H,1H3,(H2,11,12). The minimum atomic E-state index is 0.367. The number of hydrogen-bond donors (Lipinski definition) is 1. The van der Waals surface area contributed by atoms with Gasteiger partial charge in [-0.15, -0.1) is 0 Å². The number of anilines is 1. The number of benzene rings is 1. The lowest BCUT2D eigenvalue weighted by Crippen LogP contribution is -1.85. The minimum absolute atomic E-state index is 0.367. The highest BCUT2D eigenvalue weighted by molar-refractivity contribution is 5.67. The van der Waals surface area contributed by atoms with Crippen LogP contribution in [-0.2, 0) is 0 Å². The molecule has 2 rings (SSSR count). The van der Waals surface area contributed by atoms with Gasteiger partial charge in [0.15, 0.2) is 11.6 Å². The van der Waals surface area contributed by atoms with Crippen LogP contribution in [0.15, 0.2) is 34.9 Å². The molecule has 0 saturated heterocycles. The number of nitrogen functional groups attached to an aromatic ring is 1. The lowest BCUT2D eigenvalue weighted by molar-refractivity contribution is 0.407. The summed E-state index contributed by atoms with van der Waals surface area (Å²) in [5, 5.41) is 3.62. The maximum Gasteiger partial charge on any atom is 0.172 e. The van der Waals surface area contributed by atoms with Crippen molar-refractivity contribution >= 4 is 5.82 Å². The molecule has 0 aliphatic carbocycles. The van der Waals surface area contributed by atoms with E-state index in [-0.39, 0.29) is 0 Å². The summed E-state index contributed by atoms with van der Waals surface area (Å²) in [6.45, 7) is 0. The molecule has 0 aliphatic rings. The SMILES string of the molecule is COc1ccccc1-c1cc(N)no1. The topological polar surface area (TPSA) is 61.3 Å². The van der Waals surface area contributed by atoms with Crippen molar-refractivity contribution in [2.45, 2.75) is 0 Å². The summed E-state index contributed by atoms with van der Waals surface area (Å²) < 4.78 is 10.2. The van der Waals surface area contributed by atoms with E-state index in [1.54, 1.807) is 13.2 Å². The number of hydrogen-bond acceptors (Lipinski definition) is 4. The van der Waals surface area contributed by atoms with Crippen LogP contribution in [0.2, 0.25) is 0 Å². The largest absolute Gasteiger partial charge is 0.496 e. The molecule has 0 saturated carbocycles. The van der Waals surface area contributed by atoms with Crippen LogP contribution < -0.4 is 10.5 Å². The second kappa shape index (κ2) is 3.41. The van der Waals surface area contributed by atoms with Crippen LogP contribution >= 0.6 is 0 Å². The Morgan fingerprint density at radius 1 is 1.36 bits per heavy atom. The van der Waals surface area contributed by atoms with Crippen LogP contribution in [0.25, 0.3) is 11.3 Å². The molecule has 72 valence electrons. The van der Waals surface area contributed by atoms with Crippen molar-refractivity contribution in [1.29, 1.82) is 0 Å². The Morgan fingerprint density at radius 3 is 2.79 bits per heavy atom. The van der Waals surface area contributed by atoms with Crippen LogP contribution in [0.1, 0.15) is 0 Å². The van der Waals surface area contributed by atoms with Gasteiger partial charge in [0.05, 0.1) is 12.7 Å². The van der Waals surface area contributed by atoms with E-state index in [1.165, 1.54) is 0 Å². The molecular weight excluding hydrogens is 180 g/mol. The van der Waals surface area contributed by atoms with Crippen LogP contribution in [0.4, 0.5) is 5.82 Å². The summed E-state index contributed by atoms with van der Waals surface area (Å²) >= 11 is 0. The van der Waals surface area contributed by atoms with E-state index >= 15 is 0 Å². The molecule has 0 spiro atoms. The molecule has 0 unspecified atom stereocenters. The first kappa shape index (κ1) is 8.62.